The molecule has 0 spiro atoms. The number of hydrogen-bond donors (Lipinski definition) is 2. The summed E-state index contributed by atoms with van der Waals surface area (Å²) in [7, 11) is 0. The molecule has 0 atom stereocenters. The standard InChI is InChI=1S/C23H16ClN5O3S/c24-18-7-9-19(10-8-18)26-23-27-21(14-33-23)16-3-5-17(6-4-16)22(30)28-25-13-15-1-11-20(12-2-15)29(31)32/h1-14H,(H,26,27)(H,28,30)/b25-13-. The molecular weight excluding hydrogens is 462 g/mol. The minimum atomic E-state index is -0.477. The largest absolute Gasteiger partial charge is 0.332 e. The van der Waals surface area contributed by atoms with Crippen LogP contribution in [-0.4, -0.2) is 22.0 Å². The fraction of sp³-hybridized carbons (Fsp3) is 0. The van der Waals surface area contributed by atoms with Gasteiger partial charge in [-0.1, -0.05) is 23.7 Å². The average Bonchev–Trinajstić information content (AvgIpc) is 3.29. The minimum Gasteiger partial charge on any atom is -0.332 e. The zero-order valence-corrected chi connectivity index (χ0v) is 18.5. The van der Waals surface area contributed by atoms with Gasteiger partial charge in [-0.05, 0) is 54.1 Å². The maximum absolute atomic E-state index is 12.3. The molecule has 0 aliphatic heterocycles. The van der Waals surface area contributed by atoms with Gasteiger partial charge >= 0.3 is 0 Å². The van der Waals surface area contributed by atoms with Crippen molar-refractivity contribution in [3.8, 4) is 11.3 Å². The lowest BCUT2D eigenvalue weighted by Gasteiger charge is -2.03. The van der Waals surface area contributed by atoms with Crippen LogP contribution >= 0.6 is 22.9 Å². The van der Waals surface area contributed by atoms with E-state index in [-0.39, 0.29) is 11.6 Å². The number of thiazole rings is 1. The fourth-order valence-electron chi connectivity index (χ4n) is 2.82. The Kier molecular flexibility index (Phi) is 6.72. The molecule has 4 aromatic rings. The van der Waals surface area contributed by atoms with Crippen LogP contribution < -0.4 is 10.7 Å². The third kappa shape index (κ3) is 5.79. The average molecular weight is 478 g/mol. The number of nitro groups is 1. The Labute approximate surface area is 197 Å². The van der Waals surface area contributed by atoms with Crippen LogP contribution in [-0.2, 0) is 0 Å². The predicted octanol–water partition coefficient (Wildman–Crippen LogP) is 5.88. The second-order valence-corrected chi connectivity index (χ2v) is 8.09. The highest BCUT2D eigenvalue weighted by atomic mass is 35.5. The molecule has 1 heterocycles. The van der Waals surface area contributed by atoms with Crippen molar-refractivity contribution in [3.05, 3.63) is 104 Å². The highest BCUT2D eigenvalue weighted by Crippen LogP contribution is 2.27. The van der Waals surface area contributed by atoms with Gasteiger partial charge in [0.15, 0.2) is 5.13 Å². The van der Waals surface area contributed by atoms with Gasteiger partial charge < -0.3 is 5.32 Å². The van der Waals surface area contributed by atoms with Crippen LogP contribution in [0.25, 0.3) is 11.3 Å². The first kappa shape index (κ1) is 22.1. The summed E-state index contributed by atoms with van der Waals surface area (Å²) in [5, 5.41) is 21.2. The number of rotatable bonds is 7. The van der Waals surface area contributed by atoms with Gasteiger partial charge in [0.05, 0.1) is 16.8 Å². The van der Waals surface area contributed by atoms with E-state index in [2.05, 4.69) is 20.8 Å². The van der Waals surface area contributed by atoms with E-state index in [0.717, 1.165) is 22.1 Å². The van der Waals surface area contributed by atoms with E-state index in [0.29, 0.717) is 16.1 Å². The third-order valence-electron chi connectivity index (χ3n) is 4.53. The highest BCUT2D eigenvalue weighted by molar-refractivity contribution is 7.14. The SMILES string of the molecule is O=C(N/N=C\c1ccc([N+](=O)[O-])cc1)c1ccc(-c2csc(Nc3ccc(Cl)cc3)n2)cc1. The zero-order chi connectivity index (χ0) is 23.2. The molecule has 8 nitrogen and oxygen atoms in total. The van der Waals surface area contributed by atoms with Crippen molar-refractivity contribution in [1.82, 2.24) is 10.4 Å². The molecule has 3 aromatic carbocycles. The maximum atomic E-state index is 12.3. The minimum absolute atomic E-state index is 0.00994. The smallest absolute Gasteiger partial charge is 0.271 e. The number of hydrazone groups is 1. The van der Waals surface area contributed by atoms with Gasteiger partial charge in [0.25, 0.3) is 11.6 Å². The Hall–Kier alpha value is -4.08. The highest BCUT2D eigenvalue weighted by Gasteiger charge is 2.08. The molecule has 0 unspecified atom stereocenters. The molecular formula is C23H16ClN5O3S. The number of nitrogens with one attached hydrogen (secondary N) is 2. The summed E-state index contributed by atoms with van der Waals surface area (Å²) in [6, 6.07) is 20.2. The Balaban J connectivity index is 1.35. The number of carbonyl (C=O) groups excluding carboxylic acids is 1. The summed E-state index contributed by atoms with van der Waals surface area (Å²) in [4.78, 5) is 27.1. The van der Waals surface area contributed by atoms with E-state index in [4.69, 9.17) is 11.6 Å². The number of aromatic nitrogens is 1. The molecule has 0 radical (unpaired) electrons. The molecule has 0 bridgehead atoms. The Morgan fingerprint density at radius 1 is 1.03 bits per heavy atom. The maximum Gasteiger partial charge on any atom is 0.271 e. The Morgan fingerprint density at radius 3 is 2.39 bits per heavy atom. The van der Waals surface area contributed by atoms with E-state index in [1.807, 2.05) is 29.6 Å². The molecule has 1 amide bonds. The number of non-ortho nitro benzene ring substituents is 1. The Bertz CT molecular complexity index is 1300. The monoisotopic (exact) mass is 477 g/mol. The lowest BCUT2D eigenvalue weighted by atomic mass is 10.1. The summed E-state index contributed by atoms with van der Waals surface area (Å²) in [6.45, 7) is 0. The first-order chi connectivity index (χ1) is 16.0. The molecule has 0 aliphatic rings. The second-order valence-electron chi connectivity index (χ2n) is 6.79. The van der Waals surface area contributed by atoms with Crippen LogP contribution in [0, 0.1) is 10.1 Å². The predicted molar refractivity (Wildman–Crippen MR) is 130 cm³/mol. The van der Waals surface area contributed by atoms with Crippen LogP contribution in [0.5, 0.6) is 0 Å². The number of nitro benzene ring substituents is 1. The second kappa shape index (κ2) is 10.0. The molecule has 0 aliphatic carbocycles. The van der Waals surface area contributed by atoms with E-state index in [1.165, 1.54) is 29.7 Å². The van der Waals surface area contributed by atoms with Gasteiger partial charge in [-0.2, -0.15) is 5.10 Å². The van der Waals surface area contributed by atoms with Crippen LogP contribution in [0.3, 0.4) is 0 Å². The fourth-order valence-corrected chi connectivity index (χ4v) is 3.69. The molecule has 10 heteroatoms. The molecule has 164 valence electrons. The summed E-state index contributed by atoms with van der Waals surface area (Å²) in [6.07, 6.45) is 1.42. The summed E-state index contributed by atoms with van der Waals surface area (Å²) in [5.74, 6) is -0.372. The quantitative estimate of drug-likeness (QED) is 0.196. The molecule has 0 saturated heterocycles. The summed E-state index contributed by atoms with van der Waals surface area (Å²) in [5.41, 5.74) is 6.06. The number of halogens is 1. The van der Waals surface area contributed by atoms with Crippen LogP contribution in [0.1, 0.15) is 15.9 Å². The first-order valence-corrected chi connectivity index (χ1v) is 10.9. The van der Waals surface area contributed by atoms with Crippen LogP contribution in [0.2, 0.25) is 5.02 Å². The van der Waals surface area contributed by atoms with Crippen molar-refractivity contribution in [3.63, 3.8) is 0 Å². The Morgan fingerprint density at radius 2 is 1.73 bits per heavy atom. The molecule has 2 N–H and O–H groups in total. The van der Waals surface area contributed by atoms with Gasteiger partial charge in [0, 0.05) is 39.3 Å². The van der Waals surface area contributed by atoms with Gasteiger partial charge in [-0.25, -0.2) is 10.4 Å². The number of amides is 1. The summed E-state index contributed by atoms with van der Waals surface area (Å²) < 4.78 is 0. The normalized spacial score (nSPS) is 10.8. The molecule has 33 heavy (non-hydrogen) atoms. The number of benzene rings is 3. The number of hydrogen-bond acceptors (Lipinski definition) is 7. The zero-order valence-electron chi connectivity index (χ0n) is 16.9. The van der Waals surface area contributed by atoms with E-state index in [9.17, 15) is 14.9 Å². The van der Waals surface area contributed by atoms with Gasteiger partial charge in [-0.15, -0.1) is 11.3 Å². The topological polar surface area (TPSA) is 110 Å². The van der Waals surface area contributed by atoms with Gasteiger partial charge in [0.2, 0.25) is 0 Å². The van der Waals surface area contributed by atoms with Crippen molar-refractivity contribution in [2.75, 3.05) is 5.32 Å². The van der Waals surface area contributed by atoms with Crippen molar-refractivity contribution in [2.24, 2.45) is 5.10 Å². The van der Waals surface area contributed by atoms with E-state index in [1.54, 1.807) is 36.4 Å². The summed E-state index contributed by atoms with van der Waals surface area (Å²) >= 11 is 7.38. The molecule has 0 saturated carbocycles. The molecule has 4 rings (SSSR count). The van der Waals surface area contributed by atoms with Gasteiger partial charge in [-0.3, -0.25) is 14.9 Å². The van der Waals surface area contributed by atoms with Crippen LogP contribution in [0.4, 0.5) is 16.5 Å². The van der Waals surface area contributed by atoms with Crippen molar-refractivity contribution in [2.45, 2.75) is 0 Å². The number of anilines is 2. The van der Waals surface area contributed by atoms with Crippen molar-refractivity contribution >= 4 is 51.6 Å². The number of nitrogens with zero attached hydrogens (tertiary/aromatic N) is 3. The molecule has 1 aromatic heterocycles. The lowest BCUT2D eigenvalue weighted by Crippen LogP contribution is -2.17. The van der Waals surface area contributed by atoms with E-state index >= 15 is 0 Å². The first-order valence-electron chi connectivity index (χ1n) is 9.64. The van der Waals surface area contributed by atoms with E-state index < -0.39 is 4.92 Å². The van der Waals surface area contributed by atoms with Crippen LogP contribution in [0.15, 0.2) is 83.3 Å². The molecule has 0 fully saturated rings. The van der Waals surface area contributed by atoms with Crippen molar-refractivity contribution in [1.29, 1.82) is 0 Å². The lowest BCUT2D eigenvalue weighted by molar-refractivity contribution is -0.384. The third-order valence-corrected chi connectivity index (χ3v) is 5.54. The number of carbonyl (C=O) groups is 1. The van der Waals surface area contributed by atoms with Gasteiger partial charge in [0.1, 0.15) is 0 Å². The van der Waals surface area contributed by atoms with Crippen molar-refractivity contribution < 1.29 is 9.72 Å².